The lowest BCUT2D eigenvalue weighted by molar-refractivity contribution is 0.625. The Kier molecular flexibility index (Phi) is 6.18. The monoisotopic (exact) mass is 319 g/mol. The number of aromatic nitrogens is 2. The minimum atomic E-state index is -0.467. The predicted molar refractivity (Wildman–Crippen MR) is 91.3 cm³/mol. The summed E-state index contributed by atoms with van der Waals surface area (Å²) in [5.74, 6) is -0.158. The molecule has 6 heteroatoms. The molecule has 1 aromatic heterocycles. The van der Waals surface area contributed by atoms with Gasteiger partial charge in [0.25, 0.3) is 5.56 Å². The van der Waals surface area contributed by atoms with E-state index >= 15 is 0 Å². The number of nitrogens with zero attached hydrogens (tertiary/aromatic N) is 3. The van der Waals surface area contributed by atoms with E-state index < -0.39 is 17.1 Å². The first-order valence-corrected chi connectivity index (χ1v) is 7.41. The molecule has 2 aromatic rings. The van der Waals surface area contributed by atoms with Crippen LogP contribution in [0.1, 0.15) is 31.9 Å². The standard InChI is InChI=1S/C15H16FN3O2.C2H6/c1-9-13(18(3)15(21)19(4)14(9)20)17-10(2)11-7-5-6-8-12(11)16;1-2/h5-8H,1-4H3;1-2H3/b17-10+;. The molecule has 0 aliphatic rings. The van der Waals surface area contributed by atoms with Crippen LogP contribution in [0.5, 0.6) is 0 Å². The van der Waals surface area contributed by atoms with Crippen LogP contribution < -0.4 is 11.2 Å². The first kappa shape index (κ1) is 18.5. The van der Waals surface area contributed by atoms with E-state index in [-0.39, 0.29) is 5.82 Å². The molecule has 0 amide bonds. The van der Waals surface area contributed by atoms with Crippen LogP contribution in [0.15, 0.2) is 38.8 Å². The molecule has 0 N–H and O–H groups in total. The van der Waals surface area contributed by atoms with Crippen LogP contribution in [-0.2, 0) is 14.1 Å². The van der Waals surface area contributed by atoms with Gasteiger partial charge in [-0.25, -0.2) is 14.2 Å². The van der Waals surface area contributed by atoms with E-state index in [9.17, 15) is 14.0 Å². The van der Waals surface area contributed by atoms with Crippen molar-refractivity contribution >= 4 is 11.5 Å². The van der Waals surface area contributed by atoms with E-state index in [1.165, 1.54) is 24.7 Å². The van der Waals surface area contributed by atoms with Crippen molar-refractivity contribution in [2.75, 3.05) is 0 Å². The highest BCUT2D eigenvalue weighted by atomic mass is 19.1. The fourth-order valence-corrected chi connectivity index (χ4v) is 2.13. The Balaban J connectivity index is 0.00000127. The zero-order valence-corrected chi connectivity index (χ0v) is 14.3. The fourth-order valence-electron chi connectivity index (χ4n) is 2.13. The Hall–Kier alpha value is -2.50. The van der Waals surface area contributed by atoms with Gasteiger partial charge in [-0.2, -0.15) is 0 Å². The first-order valence-electron chi connectivity index (χ1n) is 7.41. The van der Waals surface area contributed by atoms with Crippen molar-refractivity contribution in [2.45, 2.75) is 27.7 Å². The Morgan fingerprint density at radius 2 is 1.65 bits per heavy atom. The van der Waals surface area contributed by atoms with Gasteiger partial charge >= 0.3 is 5.69 Å². The van der Waals surface area contributed by atoms with E-state index in [1.54, 1.807) is 32.0 Å². The van der Waals surface area contributed by atoms with Gasteiger partial charge < -0.3 is 0 Å². The van der Waals surface area contributed by atoms with Crippen LogP contribution in [0.2, 0.25) is 0 Å². The summed E-state index contributed by atoms with van der Waals surface area (Å²) in [7, 11) is 2.94. The van der Waals surface area contributed by atoms with Crippen LogP contribution in [0.3, 0.4) is 0 Å². The summed E-state index contributed by atoms with van der Waals surface area (Å²) in [4.78, 5) is 28.2. The van der Waals surface area contributed by atoms with Gasteiger partial charge in [0.1, 0.15) is 11.6 Å². The minimum absolute atomic E-state index is 0.240. The van der Waals surface area contributed by atoms with Gasteiger partial charge in [0, 0.05) is 25.4 Å². The quantitative estimate of drug-likeness (QED) is 0.799. The molecule has 23 heavy (non-hydrogen) atoms. The van der Waals surface area contributed by atoms with Crippen molar-refractivity contribution in [1.82, 2.24) is 9.13 Å². The molecule has 2 rings (SSSR count). The maximum absolute atomic E-state index is 13.8. The lowest BCUT2D eigenvalue weighted by Crippen LogP contribution is -2.38. The molecule has 0 radical (unpaired) electrons. The molecule has 0 saturated heterocycles. The summed E-state index contributed by atoms with van der Waals surface area (Å²) in [5, 5.41) is 0. The molecule has 0 aliphatic carbocycles. The summed E-state index contributed by atoms with van der Waals surface area (Å²) in [5.41, 5.74) is 0.212. The van der Waals surface area contributed by atoms with Gasteiger partial charge in [0.15, 0.2) is 0 Å². The lowest BCUT2D eigenvalue weighted by atomic mass is 10.1. The molecule has 0 aliphatic heterocycles. The number of hydrogen-bond acceptors (Lipinski definition) is 3. The molecule has 1 aromatic carbocycles. The largest absolute Gasteiger partial charge is 0.332 e. The van der Waals surface area contributed by atoms with E-state index in [0.717, 1.165) is 4.57 Å². The minimum Gasteiger partial charge on any atom is -0.281 e. The fraction of sp³-hybridized carbons (Fsp3) is 0.353. The van der Waals surface area contributed by atoms with E-state index in [4.69, 9.17) is 0 Å². The maximum atomic E-state index is 13.8. The van der Waals surface area contributed by atoms with E-state index in [1.807, 2.05) is 13.8 Å². The highest BCUT2D eigenvalue weighted by molar-refractivity contribution is 6.00. The van der Waals surface area contributed by atoms with E-state index in [2.05, 4.69) is 4.99 Å². The summed E-state index contributed by atoms with van der Waals surface area (Å²) in [6.07, 6.45) is 0. The molecule has 124 valence electrons. The van der Waals surface area contributed by atoms with Crippen molar-refractivity contribution in [3.63, 3.8) is 0 Å². The second-order valence-electron chi connectivity index (χ2n) is 4.83. The SMILES string of the molecule is C/C(=N\c1c(C)c(=O)n(C)c(=O)n1C)c1ccccc1F.CC. The van der Waals surface area contributed by atoms with Crippen molar-refractivity contribution in [3.8, 4) is 0 Å². The summed E-state index contributed by atoms with van der Waals surface area (Å²) in [6, 6.07) is 6.23. The van der Waals surface area contributed by atoms with Gasteiger partial charge in [-0.1, -0.05) is 32.0 Å². The molecule has 0 spiro atoms. The van der Waals surface area contributed by atoms with Crippen LogP contribution >= 0.6 is 0 Å². The molecular weight excluding hydrogens is 297 g/mol. The van der Waals surface area contributed by atoms with Crippen LogP contribution in [0, 0.1) is 12.7 Å². The normalized spacial score (nSPS) is 11.0. The van der Waals surface area contributed by atoms with Gasteiger partial charge in [-0.05, 0) is 19.9 Å². The van der Waals surface area contributed by atoms with Crippen molar-refractivity contribution < 1.29 is 4.39 Å². The third-order valence-electron chi connectivity index (χ3n) is 3.39. The van der Waals surface area contributed by atoms with Crippen LogP contribution in [0.4, 0.5) is 10.2 Å². The third kappa shape index (κ3) is 3.64. The second-order valence-corrected chi connectivity index (χ2v) is 4.83. The van der Waals surface area contributed by atoms with Gasteiger partial charge in [-0.15, -0.1) is 0 Å². The molecule has 0 saturated carbocycles. The van der Waals surface area contributed by atoms with Crippen molar-refractivity contribution in [2.24, 2.45) is 19.1 Å². The Morgan fingerprint density at radius 1 is 1.09 bits per heavy atom. The number of hydrogen-bond donors (Lipinski definition) is 0. The Bertz CT molecular complexity index is 811. The first-order chi connectivity index (χ1) is 10.8. The molecule has 0 unspecified atom stereocenters. The molecule has 5 nitrogen and oxygen atoms in total. The van der Waals surface area contributed by atoms with E-state index in [0.29, 0.717) is 16.8 Å². The molecule has 0 atom stereocenters. The van der Waals surface area contributed by atoms with Crippen molar-refractivity contribution in [3.05, 3.63) is 62.0 Å². The number of halogens is 1. The molecular formula is C17H22FN3O2. The average Bonchev–Trinajstić information content (AvgIpc) is 2.57. The number of benzene rings is 1. The predicted octanol–water partition coefficient (Wildman–Crippen LogP) is 2.70. The van der Waals surface area contributed by atoms with Gasteiger partial charge in [0.05, 0.1) is 5.56 Å². The number of aliphatic imine (C=N–C) groups is 1. The van der Waals surface area contributed by atoms with Gasteiger partial charge in [-0.3, -0.25) is 13.9 Å². The number of rotatable bonds is 2. The molecule has 1 heterocycles. The summed E-state index contributed by atoms with van der Waals surface area (Å²) in [6.45, 7) is 7.23. The average molecular weight is 319 g/mol. The summed E-state index contributed by atoms with van der Waals surface area (Å²) >= 11 is 0. The summed E-state index contributed by atoms with van der Waals surface area (Å²) < 4.78 is 16.1. The second kappa shape index (κ2) is 7.67. The topological polar surface area (TPSA) is 56.4 Å². The zero-order chi connectivity index (χ0) is 17.7. The van der Waals surface area contributed by atoms with Crippen LogP contribution in [0.25, 0.3) is 0 Å². The zero-order valence-electron chi connectivity index (χ0n) is 14.3. The van der Waals surface area contributed by atoms with Crippen LogP contribution in [-0.4, -0.2) is 14.8 Å². The molecule has 0 bridgehead atoms. The Morgan fingerprint density at radius 3 is 2.22 bits per heavy atom. The highest BCUT2D eigenvalue weighted by Crippen LogP contribution is 2.15. The smallest absolute Gasteiger partial charge is 0.281 e. The maximum Gasteiger partial charge on any atom is 0.332 e. The van der Waals surface area contributed by atoms with Gasteiger partial charge in [0.2, 0.25) is 0 Å². The molecule has 0 fully saturated rings. The lowest BCUT2D eigenvalue weighted by Gasteiger charge is -2.10. The highest BCUT2D eigenvalue weighted by Gasteiger charge is 2.12. The third-order valence-corrected chi connectivity index (χ3v) is 3.39. The Labute approximate surface area is 134 Å². The van der Waals surface area contributed by atoms with Crippen molar-refractivity contribution in [1.29, 1.82) is 0 Å².